The molecule has 0 saturated heterocycles. The molecule has 0 aliphatic rings. The van der Waals surface area contributed by atoms with E-state index in [0.29, 0.717) is 12.5 Å². The van der Waals surface area contributed by atoms with Crippen LogP contribution in [0.4, 0.5) is 5.69 Å². The fraction of sp³-hybridized carbons (Fsp3) is 0.316. The summed E-state index contributed by atoms with van der Waals surface area (Å²) in [5.74, 6) is 0.309. The maximum Gasteiger partial charge on any atom is 0.241 e. The lowest BCUT2D eigenvalue weighted by molar-refractivity contribution is -0.121. The molecule has 1 aromatic heterocycles. The zero-order valence-corrected chi connectivity index (χ0v) is 14.5. The molecule has 130 valence electrons. The zero-order chi connectivity index (χ0) is 17.6. The number of fused-ring (bicyclic) bond motifs is 1. The minimum absolute atomic E-state index is 0.0730. The molecule has 0 aliphatic heterocycles. The SMILES string of the molecule is CC(C)C(CNC(=O)Cn1nnc2ccccc21)Nc1ccccc1. The minimum atomic E-state index is -0.0730. The molecule has 0 aliphatic carbocycles. The second-order valence-electron chi connectivity index (χ2n) is 6.40. The van der Waals surface area contributed by atoms with Crippen molar-refractivity contribution in [1.29, 1.82) is 0 Å². The number of amides is 1. The second-order valence-corrected chi connectivity index (χ2v) is 6.40. The third-order valence-corrected chi connectivity index (χ3v) is 4.16. The lowest BCUT2D eigenvalue weighted by atomic mass is 10.0. The third-order valence-electron chi connectivity index (χ3n) is 4.16. The normalized spacial score (nSPS) is 12.3. The van der Waals surface area contributed by atoms with Crippen LogP contribution in [-0.2, 0) is 11.3 Å². The summed E-state index contributed by atoms with van der Waals surface area (Å²) in [6.45, 7) is 4.99. The van der Waals surface area contributed by atoms with Gasteiger partial charge in [0.15, 0.2) is 0 Å². The van der Waals surface area contributed by atoms with Gasteiger partial charge >= 0.3 is 0 Å². The number of nitrogens with zero attached hydrogens (tertiary/aromatic N) is 3. The van der Waals surface area contributed by atoms with Gasteiger partial charge in [-0.15, -0.1) is 5.10 Å². The summed E-state index contributed by atoms with van der Waals surface area (Å²) in [6, 6.07) is 17.8. The molecule has 0 radical (unpaired) electrons. The van der Waals surface area contributed by atoms with Gasteiger partial charge in [-0.25, -0.2) is 4.68 Å². The van der Waals surface area contributed by atoms with Gasteiger partial charge in [0.05, 0.1) is 5.52 Å². The molecule has 6 nitrogen and oxygen atoms in total. The number of para-hydroxylation sites is 2. The van der Waals surface area contributed by atoms with Gasteiger partial charge in [0.2, 0.25) is 5.91 Å². The molecule has 25 heavy (non-hydrogen) atoms. The number of carbonyl (C=O) groups excluding carboxylic acids is 1. The quantitative estimate of drug-likeness (QED) is 0.695. The first-order valence-electron chi connectivity index (χ1n) is 8.50. The van der Waals surface area contributed by atoms with Crippen molar-refractivity contribution < 1.29 is 4.79 Å². The summed E-state index contributed by atoms with van der Waals surface area (Å²) in [5.41, 5.74) is 2.71. The largest absolute Gasteiger partial charge is 0.380 e. The molecule has 1 heterocycles. The highest BCUT2D eigenvalue weighted by Gasteiger charge is 2.15. The number of benzene rings is 2. The number of hydrogen-bond donors (Lipinski definition) is 2. The topological polar surface area (TPSA) is 71.8 Å². The highest BCUT2D eigenvalue weighted by Crippen LogP contribution is 2.12. The Morgan fingerprint density at radius 2 is 1.80 bits per heavy atom. The third kappa shape index (κ3) is 4.35. The van der Waals surface area contributed by atoms with Gasteiger partial charge in [-0.05, 0) is 30.2 Å². The summed E-state index contributed by atoms with van der Waals surface area (Å²) in [4.78, 5) is 12.3. The molecule has 1 unspecified atom stereocenters. The molecule has 3 rings (SSSR count). The molecule has 0 spiro atoms. The number of nitrogens with one attached hydrogen (secondary N) is 2. The smallest absolute Gasteiger partial charge is 0.241 e. The molecular formula is C19H23N5O. The molecule has 1 amide bonds. The van der Waals surface area contributed by atoms with E-state index in [1.807, 2.05) is 54.6 Å². The molecule has 6 heteroatoms. The number of hydrogen-bond acceptors (Lipinski definition) is 4. The van der Waals surface area contributed by atoms with E-state index in [-0.39, 0.29) is 18.5 Å². The van der Waals surface area contributed by atoms with Crippen molar-refractivity contribution in [1.82, 2.24) is 20.3 Å². The van der Waals surface area contributed by atoms with Crippen LogP contribution >= 0.6 is 0 Å². The highest BCUT2D eigenvalue weighted by atomic mass is 16.2. The Labute approximate surface area is 147 Å². The maximum absolute atomic E-state index is 12.3. The van der Waals surface area contributed by atoms with E-state index in [1.54, 1.807) is 4.68 Å². The fourth-order valence-electron chi connectivity index (χ4n) is 2.65. The molecule has 2 N–H and O–H groups in total. The Morgan fingerprint density at radius 1 is 1.08 bits per heavy atom. The van der Waals surface area contributed by atoms with E-state index in [2.05, 4.69) is 34.8 Å². The molecule has 3 aromatic rings. The van der Waals surface area contributed by atoms with E-state index in [4.69, 9.17) is 0 Å². The number of rotatable bonds is 7. The Kier molecular flexibility index (Phi) is 5.28. The number of anilines is 1. The predicted octanol–water partition coefficient (Wildman–Crippen LogP) is 2.68. The standard InChI is InChI=1S/C19H23N5O/c1-14(2)17(21-15-8-4-3-5-9-15)12-20-19(25)13-24-18-11-7-6-10-16(18)22-23-24/h3-11,14,17,21H,12-13H2,1-2H3,(H,20,25). The Hall–Kier alpha value is -2.89. The lowest BCUT2D eigenvalue weighted by Gasteiger charge is -2.24. The Bertz CT molecular complexity index is 828. The molecule has 0 saturated carbocycles. The Balaban J connectivity index is 1.58. The van der Waals surface area contributed by atoms with Crippen molar-refractivity contribution in [3.63, 3.8) is 0 Å². The van der Waals surface area contributed by atoms with Crippen LogP contribution in [0.5, 0.6) is 0 Å². The lowest BCUT2D eigenvalue weighted by Crippen LogP contribution is -2.40. The van der Waals surface area contributed by atoms with Crippen LogP contribution in [0.2, 0.25) is 0 Å². The predicted molar refractivity (Wildman–Crippen MR) is 99.2 cm³/mol. The average molecular weight is 337 g/mol. The summed E-state index contributed by atoms with van der Waals surface area (Å²) >= 11 is 0. The van der Waals surface area contributed by atoms with Crippen molar-refractivity contribution in [3.05, 3.63) is 54.6 Å². The molecule has 0 fully saturated rings. The van der Waals surface area contributed by atoms with Gasteiger partial charge in [-0.2, -0.15) is 0 Å². The van der Waals surface area contributed by atoms with Gasteiger partial charge in [0.25, 0.3) is 0 Å². The van der Waals surface area contributed by atoms with Crippen molar-refractivity contribution >= 4 is 22.6 Å². The van der Waals surface area contributed by atoms with E-state index in [1.165, 1.54) is 0 Å². The fourth-order valence-corrected chi connectivity index (χ4v) is 2.65. The molecule has 0 bridgehead atoms. The van der Waals surface area contributed by atoms with Crippen LogP contribution < -0.4 is 10.6 Å². The van der Waals surface area contributed by atoms with Gasteiger partial charge in [0.1, 0.15) is 12.1 Å². The number of aromatic nitrogens is 3. The van der Waals surface area contributed by atoms with Crippen LogP contribution in [0.15, 0.2) is 54.6 Å². The maximum atomic E-state index is 12.3. The monoisotopic (exact) mass is 337 g/mol. The minimum Gasteiger partial charge on any atom is -0.380 e. The first kappa shape index (κ1) is 17.0. The first-order chi connectivity index (χ1) is 12.1. The van der Waals surface area contributed by atoms with Crippen LogP contribution in [0, 0.1) is 5.92 Å². The van der Waals surface area contributed by atoms with Crippen molar-refractivity contribution in [2.45, 2.75) is 26.4 Å². The number of carbonyl (C=O) groups is 1. The van der Waals surface area contributed by atoms with Gasteiger partial charge in [-0.1, -0.05) is 49.4 Å². The highest BCUT2D eigenvalue weighted by molar-refractivity contribution is 5.79. The average Bonchev–Trinajstić information content (AvgIpc) is 3.02. The van der Waals surface area contributed by atoms with E-state index >= 15 is 0 Å². The van der Waals surface area contributed by atoms with E-state index in [9.17, 15) is 4.79 Å². The van der Waals surface area contributed by atoms with Gasteiger partial charge < -0.3 is 10.6 Å². The van der Waals surface area contributed by atoms with Gasteiger partial charge in [0, 0.05) is 18.3 Å². The van der Waals surface area contributed by atoms with Crippen LogP contribution in [-0.4, -0.2) is 33.5 Å². The summed E-state index contributed by atoms with van der Waals surface area (Å²) < 4.78 is 1.62. The summed E-state index contributed by atoms with van der Waals surface area (Å²) in [7, 11) is 0. The van der Waals surface area contributed by atoms with E-state index in [0.717, 1.165) is 16.7 Å². The van der Waals surface area contributed by atoms with Crippen molar-refractivity contribution in [2.24, 2.45) is 5.92 Å². The van der Waals surface area contributed by atoms with Crippen LogP contribution in [0.3, 0.4) is 0 Å². The van der Waals surface area contributed by atoms with Crippen LogP contribution in [0.25, 0.3) is 11.0 Å². The van der Waals surface area contributed by atoms with Crippen molar-refractivity contribution in [3.8, 4) is 0 Å². The van der Waals surface area contributed by atoms with E-state index < -0.39 is 0 Å². The van der Waals surface area contributed by atoms with Gasteiger partial charge in [-0.3, -0.25) is 4.79 Å². The summed E-state index contributed by atoms with van der Waals surface area (Å²) in [5, 5.41) is 14.6. The zero-order valence-electron chi connectivity index (χ0n) is 14.5. The van der Waals surface area contributed by atoms with Crippen molar-refractivity contribution in [2.75, 3.05) is 11.9 Å². The second kappa shape index (κ2) is 7.79. The summed E-state index contributed by atoms with van der Waals surface area (Å²) in [6.07, 6.45) is 0. The first-order valence-corrected chi connectivity index (χ1v) is 8.50. The Morgan fingerprint density at radius 3 is 2.56 bits per heavy atom. The van der Waals surface area contributed by atoms with Crippen LogP contribution in [0.1, 0.15) is 13.8 Å². The molecule has 2 aromatic carbocycles. The molecular weight excluding hydrogens is 314 g/mol. The molecule has 1 atom stereocenters.